The molecule has 0 aliphatic carbocycles. The molecular formula is C15H19Cl2N3O2. The smallest absolute Gasteiger partial charge is 0.312 e. The zero-order valence-corrected chi connectivity index (χ0v) is 13.7. The molecule has 5 nitrogen and oxygen atoms in total. The van der Waals surface area contributed by atoms with E-state index in [1.807, 2.05) is 24.3 Å². The van der Waals surface area contributed by atoms with Crippen LogP contribution >= 0.6 is 23.2 Å². The minimum absolute atomic E-state index is 0.427. The molecule has 1 N–H and O–H groups in total. The highest BCUT2D eigenvalue weighted by atomic mass is 35.5. The van der Waals surface area contributed by atoms with Crippen LogP contribution < -0.4 is 10.2 Å². The van der Waals surface area contributed by atoms with Crippen LogP contribution in [0.1, 0.15) is 6.42 Å². The van der Waals surface area contributed by atoms with Gasteiger partial charge in [0.15, 0.2) is 0 Å². The van der Waals surface area contributed by atoms with Gasteiger partial charge in [0.25, 0.3) is 0 Å². The summed E-state index contributed by atoms with van der Waals surface area (Å²) >= 11 is 11.5. The third-order valence-electron chi connectivity index (χ3n) is 3.53. The Hall–Kier alpha value is -1.46. The van der Waals surface area contributed by atoms with Crippen molar-refractivity contribution in [1.29, 1.82) is 0 Å². The van der Waals surface area contributed by atoms with Crippen LogP contribution in [-0.4, -0.2) is 55.3 Å². The quantitative estimate of drug-likeness (QED) is 0.514. The topological polar surface area (TPSA) is 52.7 Å². The molecule has 1 saturated heterocycles. The van der Waals surface area contributed by atoms with E-state index >= 15 is 0 Å². The molecule has 22 heavy (non-hydrogen) atoms. The van der Waals surface area contributed by atoms with Gasteiger partial charge in [0.05, 0.1) is 0 Å². The van der Waals surface area contributed by atoms with Crippen LogP contribution in [0, 0.1) is 0 Å². The van der Waals surface area contributed by atoms with Crippen molar-refractivity contribution in [2.45, 2.75) is 6.42 Å². The fourth-order valence-electron chi connectivity index (χ4n) is 2.33. The van der Waals surface area contributed by atoms with Crippen molar-refractivity contribution in [3.05, 3.63) is 29.3 Å². The van der Waals surface area contributed by atoms with Gasteiger partial charge in [0.2, 0.25) is 0 Å². The minimum atomic E-state index is -0.554. The molecular weight excluding hydrogens is 325 g/mol. The summed E-state index contributed by atoms with van der Waals surface area (Å²) in [5.74, 6) is -0.561. The standard InChI is InChI=1S/C15H19Cl2N3O2/c16-5-2-6-18-14(21)15(22)20-9-7-19(8-10-20)13-4-1-3-12(17)11-13/h1,3-4,11H,2,5-10H2,(H,18,21). The first-order chi connectivity index (χ1) is 10.6. The Labute approximate surface area is 140 Å². The van der Waals surface area contributed by atoms with Crippen LogP contribution in [0.5, 0.6) is 0 Å². The highest BCUT2D eigenvalue weighted by molar-refractivity contribution is 6.35. The molecule has 0 saturated carbocycles. The van der Waals surface area contributed by atoms with Crippen molar-refractivity contribution in [3.8, 4) is 0 Å². The van der Waals surface area contributed by atoms with Crippen LogP contribution in [0.3, 0.4) is 0 Å². The van der Waals surface area contributed by atoms with E-state index < -0.39 is 11.8 Å². The minimum Gasteiger partial charge on any atom is -0.368 e. The molecule has 0 aromatic heterocycles. The van der Waals surface area contributed by atoms with Crippen molar-refractivity contribution in [1.82, 2.24) is 10.2 Å². The molecule has 0 unspecified atom stereocenters. The van der Waals surface area contributed by atoms with E-state index in [2.05, 4.69) is 10.2 Å². The number of amides is 2. The largest absolute Gasteiger partial charge is 0.368 e. The molecule has 2 rings (SSSR count). The summed E-state index contributed by atoms with van der Waals surface area (Å²) in [5.41, 5.74) is 1.03. The van der Waals surface area contributed by atoms with Gasteiger partial charge in [-0.3, -0.25) is 9.59 Å². The number of hydrogen-bond acceptors (Lipinski definition) is 3. The van der Waals surface area contributed by atoms with Gasteiger partial charge in [-0.1, -0.05) is 17.7 Å². The van der Waals surface area contributed by atoms with Crippen LogP contribution in [0.15, 0.2) is 24.3 Å². The first kappa shape index (κ1) is 16.9. The Morgan fingerprint density at radius 1 is 1.18 bits per heavy atom. The lowest BCUT2D eigenvalue weighted by Crippen LogP contribution is -2.52. The monoisotopic (exact) mass is 343 g/mol. The molecule has 1 aromatic carbocycles. The summed E-state index contributed by atoms with van der Waals surface area (Å²) in [5, 5.41) is 3.27. The second-order valence-corrected chi connectivity index (χ2v) is 5.87. The molecule has 1 aromatic rings. The molecule has 2 amide bonds. The fraction of sp³-hybridized carbons (Fsp3) is 0.467. The Bertz CT molecular complexity index is 531. The molecule has 0 radical (unpaired) electrons. The number of hydrogen-bond donors (Lipinski definition) is 1. The van der Waals surface area contributed by atoms with E-state index in [4.69, 9.17) is 23.2 Å². The van der Waals surface area contributed by atoms with E-state index in [9.17, 15) is 9.59 Å². The number of nitrogens with one attached hydrogen (secondary N) is 1. The first-order valence-electron chi connectivity index (χ1n) is 7.25. The predicted molar refractivity (Wildman–Crippen MR) is 88.6 cm³/mol. The van der Waals surface area contributed by atoms with Gasteiger partial charge in [-0.15, -0.1) is 11.6 Å². The summed E-state index contributed by atoms with van der Waals surface area (Å²) in [6, 6.07) is 7.62. The second kappa shape index (κ2) is 8.25. The molecule has 1 aliphatic heterocycles. The van der Waals surface area contributed by atoms with Crippen LogP contribution in [0.25, 0.3) is 0 Å². The molecule has 120 valence electrons. The zero-order chi connectivity index (χ0) is 15.9. The number of carbonyl (C=O) groups is 2. The van der Waals surface area contributed by atoms with Crippen molar-refractivity contribution in [2.75, 3.05) is 43.5 Å². The van der Waals surface area contributed by atoms with E-state index in [0.29, 0.717) is 50.0 Å². The normalized spacial score (nSPS) is 14.8. The maximum absolute atomic E-state index is 12.0. The number of nitrogens with zero attached hydrogens (tertiary/aromatic N) is 2. The SMILES string of the molecule is O=C(NCCCCl)C(=O)N1CCN(c2cccc(Cl)c2)CC1. The lowest BCUT2D eigenvalue weighted by atomic mass is 10.2. The van der Waals surface area contributed by atoms with Crippen molar-refractivity contribution < 1.29 is 9.59 Å². The van der Waals surface area contributed by atoms with E-state index in [-0.39, 0.29) is 0 Å². The highest BCUT2D eigenvalue weighted by Crippen LogP contribution is 2.20. The summed E-state index contributed by atoms with van der Waals surface area (Å²) in [7, 11) is 0. The number of rotatable bonds is 4. The molecule has 7 heteroatoms. The zero-order valence-electron chi connectivity index (χ0n) is 12.2. The number of carbonyl (C=O) groups excluding carboxylic acids is 2. The average Bonchev–Trinajstić information content (AvgIpc) is 2.54. The summed E-state index contributed by atoms with van der Waals surface area (Å²) in [6.45, 7) is 2.83. The number of piperazine rings is 1. The lowest BCUT2D eigenvalue weighted by molar-refractivity contribution is -0.146. The van der Waals surface area contributed by atoms with E-state index in [0.717, 1.165) is 5.69 Å². The molecule has 1 aliphatic rings. The number of halogens is 2. The Morgan fingerprint density at radius 2 is 1.91 bits per heavy atom. The molecule has 1 fully saturated rings. The fourth-order valence-corrected chi connectivity index (χ4v) is 2.65. The van der Waals surface area contributed by atoms with Crippen molar-refractivity contribution >= 4 is 40.7 Å². The maximum Gasteiger partial charge on any atom is 0.312 e. The number of anilines is 1. The molecule has 0 bridgehead atoms. The molecule has 0 spiro atoms. The lowest BCUT2D eigenvalue weighted by Gasteiger charge is -2.35. The second-order valence-electron chi connectivity index (χ2n) is 5.06. The first-order valence-corrected chi connectivity index (χ1v) is 8.16. The third kappa shape index (κ3) is 4.52. The highest BCUT2D eigenvalue weighted by Gasteiger charge is 2.25. The maximum atomic E-state index is 12.0. The summed E-state index contributed by atoms with van der Waals surface area (Å²) in [6.07, 6.45) is 0.656. The summed E-state index contributed by atoms with van der Waals surface area (Å²) < 4.78 is 0. The van der Waals surface area contributed by atoms with E-state index in [1.54, 1.807) is 4.90 Å². The van der Waals surface area contributed by atoms with Gasteiger partial charge in [0, 0.05) is 49.3 Å². The Morgan fingerprint density at radius 3 is 2.55 bits per heavy atom. The number of benzene rings is 1. The summed E-state index contributed by atoms with van der Waals surface area (Å²) in [4.78, 5) is 27.5. The van der Waals surface area contributed by atoms with E-state index in [1.165, 1.54) is 0 Å². The molecule has 1 heterocycles. The van der Waals surface area contributed by atoms with Gasteiger partial charge in [-0.2, -0.15) is 0 Å². The predicted octanol–water partition coefficient (Wildman–Crippen LogP) is 1.73. The van der Waals surface area contributed by atoms with Gasteiger partial charge in [0.1, 0.15) is 0 Å². The number of alkyl halides is 1. The van der Waals surface area contributed by atoms with Crippen LogP contribution in [0.2, 0.25) is 5.02 Å². The van der Waals surface area contributed by atoms with Crippen LogP contribution in [-0.2, 0) is 9.59 Å². The Balaban J connectivity index is 1.84. The Kier molecular flexibility index (Phi) is 6.34. The van der Waals surface area contributed by atoms with Gasteiger partial charge >= 0.3 is 11.8 Å². The van der Waals surface area contributed by atoms with Crippen molar-refractivity contribution in [2.24, 2.45) is 0 Å². The third-order valence-corrected chi connectivity index (χ3v) is 4.03. The van der Waals surface area contributed by atoms with Gasteiger partial charge in [-0.25, -0.2) is 0 Å². The molecule has 0 atom stereocenters. The van der Waals surface area contributed by atoms with Crippen LogP contribution in [0.4, 0.5) is 5.69 Å². The van der Waals surface area contributed by atoms with Gasteiger partial charge < -0.3 is 15.1 Å². The van der Waals surface area contributed by atoms with Crippen molar-refractivity contribution in [3.63, 3.8) is 0 Å². The van der Waals surface area contributed by atoms with Gasteiger partial charge in [-0.05, 0) is 24.6 Å². The average molecular weight is 344 g/mol.